The highest BCUT2D eigenvalue weighted by atomic mass is 31.2. The van der Waals surface area contributed by atoms with Crippen LogP contribution in [0.3, 0.4) is 0 Å². The molecule has 0 unspecified atom stereocenters. The van der Waals surface area contributed by atoms with Gasteiger partial charge in [0.15, 0.2) is 11.9 Å². The van der Waals surface area contributed by atoms with E-state index >= 15 is 0 Å². The summed E-state index contributed by atoms with van der Waals surface area (Å²) in [4.78, 5) is 17.6. The summed E-state index contributed by atoms with van der Waals surface area (Å²) in [6, 6.07) is 5.49. The first-order valence-electron chi connectivity index (χ1n) is 7.13. The van der Waals surface area contributed by atoms with Crippen LogP contribution >= 0.6 is 7.82 Å². The summed E-state index contributed by atoms with van der Waals surface area (Å²) in [6.07, 6.45) is 1.16. The van der Waals surface area contributed by atoms with Crippen LogP contribution in [0.25, 0.3) is 0 Å². The highest BCUT2D eigenvalue weighted by molar-refractivity contribution is 7.46. The second-order valence-corrected chi connectivity index (χ2v) is 6.34. The van der Waals surface area contributed by atoms with Crippen molar-refractivity contribution in [3.63, 3.8) is 0 Å². The van der Waals surface area contributed by atoms with Crippen molar-refractivity contribution in [1.82, 2.24) is 10.6 Å². The fourth-order valence-electron chi connectivity index (χ4n) is 2.05. The van der Waals surface area contributed by atoms with Crippen LogP contribution in [0.1, 0.15) is 16.7 Å². The van der Waals surface area contributed by atoms with Crippen LogP contribution in [0, 0.1) is 10.8 Å². The lowest BCUT2D eigenvalue weighted by atomic mass is 10.0. The Morgan fingerprint density at radius 2 is 1.42 bits per heavy atom. The quantitative estimate of drug-likeness (QED) is 0.162. The summed E-state index contributed by atoms with van der Waals surface area (Å²) in [5.41, 5.74) is 12.9. The maximum atomic E-state index is 10.8. The highest BCUT2D eigenvalue weighted by Gasteiger charge is 2.14. The molecule has 24 heavy (non-hydrogen) atoms. The van der Waals surface area contributed by atoms with Crippen LogP contribution < -0.4 is 22.1 Å². The lowest BCUT2D eigenvalue weighted by Crippen LogP contribution is -2.32. The van der Waals surface area contributed by atoms with Gasteiger partial charge in [-0.1, -0.05) is 18.2 Å². The molecule has 0 aliphatic carbocycles. The zero-order chi connectivity index (χ0) is 18.2. The number of phosphoric ester groups is 1. The Hall–Kier alpha value is -2.13. The molecule has 0 spiro atoms. The van der Waals surface area contributed by atoms with Crippen molar-refractivity contribution in [2.24, 2.45) is 11.5 Å². The van der Waals surface area contributed by atoms with Crippen LogP contribution in [-0.4, -0.2) is 34.8 Å². The third kappa shape index (κ3) is 9.11. The minimum Gasteiger partial charge on any atom is -0.370 e. The third-order valence-corrected chi connectivity index (χ3v) is 3.44. The third-order valence-electron chi connectivity index (χ3n) is 2.97. The molecule has 0 radical (unpaired) electrons. The molecule has 10 nitrogen and oxygen atoms in total. The SMILES string of the molecule is N=C(N)NCCc1cc(CCNC(=N)N)cc(COP(=O)(O)O)c1. The van der Waals surface area contributed by atoms with Gasteiger partial charge in [0.25, 0.3) is 0 Å². The van der Waals surface area contributed by atoms with E-state index in [1.165, 1.54) is 0 Å². The maximum Gasteiger partial charge on any atom is 0.469 e. The summed E-state index contributed by atoms with van der Waals surface area (Å²) >= 11 is 0. The Kier molecular flexibility index (Phi) is 7.66. The average Bonchev–Trinajstić information content (AvgIpc) is 2.43. The molecule has 10 N–H and O–H groups in total. The Bertz CT molecular complexity index is 595. The molecule has 0 aliphatic rings. The molecule has 0 heterocycles. The predicted octanol–water partition coefficient (Wildman–Crippen LogP) is -0.653. The van der Waals surface area contributed by atoms with Gasteiger partial charge in [0.1, 0.15) is 0 Å². The van der Waals surface area contributed by atoms with Gasteiger partial charge in [0, 0.05) is 13.1 Å². The number of hydrogen-bond acceptors (Lipinski definition) is 4. The first kappa shape index (κ1) is 19.9. The Balaban J connectivity index is 2.80. The van der Waals surface area contributed by atoms with Crippen molar-refractivity contribution < 1.29 is 18.9 Å². The van der Waals surface area contributed by atoms with Crippen molar-refractivity contribution in [2.75, 3.05) is 13.1 Å². The van der Waals surface area contributed by atoms with Crippen LogP contribution in [0.5, 0.6) is 0 Å². The van der Waals surface area contributed by atoms with Gasteiger partial charge in [-0.15, -0.1) is 0 Å². The van der Waals surface area contributed by atoms with Crippen molar-refractivity contribution >= 4 is 19.7 Å². The van der Waals surface area contributed by atoms with E-state index in [1.54, 1.807) is 12.1 Å². The maximum absolute atomic E-state index is 10.8. The predicted molar refractivity (Wildman–Crippen MR) is 90.5 cm³/mol. The molecule has 0 saturated carbocycles. The number of guanidine groups is 2. The molecule has 11 heteroatoms. The van der Waals surface area contributed by atoms with E-state index in [0.717, 1.165) is 11.1 Å². The van der Waals surface area contributed by atoms with E-state index in [9.17, 15) is 4.57 Å². The number of nitrogens with one attached hydrogen (secondary N) is 4. The zero-order valence-electron chi connectivity index (χ0n) is 13.1. The van der Waals surface area contributed by atoms with E-state index in [1.807, 2.05) is 6.07 Å². The van der Waals surface area contributed by atoms with E-state index in [2.05, 4.69) is 15.2 Å². The molecule has 0 fully saturated rings. The lowest BCUT2D eigenvalue weighted by Gasteiger charge is -2.12. The van der Waals surface area contributed by atoms with Gasteiger partial charge in [-0.25, -0.2) is 4.57 Å². The van der Waals surface area contributed by atoms with Crippen molar-refractivity contribution in [3.8, 4) is 0 Å². The Labute approximate surface area is 139 Å². The van der Waals surface area contributed by atoms with Crippen molar-refractivity contribution in [2.45, 2.75) is 19.4 Å². The van der Waals surface area contributed by atoms with Crippen molar-refractivity contribution in [3.05, 3.63) is 34.9 Å². The fourth-order valence-corrected chi connectivity index (χ4v) is 2.37. The number of benzene rings is 1. The van der Waals surface area contributed by atoms with Crippen LogP contribution in [0.2, 0.25) is 0 Å². The summed E-state index contributed by atoms with van der Waals surface area (Å²) in [5.74, 6) is -0.247. The van der Waals surface area contributed by atoms with E-state index < -0.39 is 7.82 Å². The Morgan fingerprint density at radius 1 is 1.00 bits per heavy atom. The first-order valence-corrected chi connectivity index (χ1v) is 8.66. The van der Waals surface area contributed by atoms with Gasteiger partial charge in [0.05, 0.1) is 6.61 Å². The first-order chi connectivity index (χ1) is 11.2. The van der Waals surface area contributed by atoms with E-state index in [-0.39, 0.29) is 18.5 Å². The molecular weight excluding hydrogens is 335 g/mol. The topological polar surface area (TPSA) is 191 Å². The molecule has 1 rings (SSSR count). The molecule has 0 aliphatic heterocycles. The van der Waals surface area contributed by atoms with Gasteiger partial charge in [-0.05, 0) is 29.5 Å². The normalized spacial score (nSPS) is 11.1. The molecule has 1 aromatic rings. The van der Waals surface area contributed by atoms with Gasteiger partial charge < -0.3 is 31.9 Å². The van der Waals surface area contributed by atoms with Crippen LogP contribution in [0.4, 0.5) is 0 Å². The number of phosphoric acid groups is 1. The highest BCUT2D eigenvalue weighted by Crippen LogP contribution is 2.37. The molecule has 0 saturated heterocycles. The minimum atomic E-state index is -4.54. The van der Waals surface area contributed by atoms with Crippen molar-refractivity contribution in [1.29, 1.82) is 10.8 Å². The van der Waals surface area contributed by atoms with Gasteiger partial charge >= 0.3 is 7.82 Å². The number of nitrogens with two attached hydrogens (primary N) is 2. The zero-order valence-corrected chi connectivity index (χ0v) is 14.0. The number of hydrogen-bond donors (Lipinski definition) is 8. The Morgan fingerprint density at radius 3 is 1.79 bits per heavy atom. The second-order valence-electron chi connectivity index (χ2n) is 5.10. The smallest absolute Gasteiger partial charge is 0.370 e. The van der Waals surface area contributed by atoms with Gasteiger partial charge in [-0.2, -0.15) is 0 Å². The van der Waals surface area contributed by atoms with E-state index in [0.29, 0.717) is 31.5 Å². The summed E-state index contributed by atoms with van der Waals surface area (Å²) in [7, 11) is -4.54. The molecule has 0 amide bonds. The molecule has 0 atom stereocenters. The molecule has 0 aromatic heterocycles. The summed E-state index contributed by atoms with van der Waals surface area (Å²) < 4.78 is 15.4. The molecule has 134 valence electrons. The minimum absolute atomic E-state index is 0.123. The van der Waals surface area contributed by atoms with Crippen LogP contribution in [-0.2, 0) is 28.5 Å². The van der Waals surface area contributed by atoms with Crippen LogP contribution in [0.15, 0.2) is 18.2 Å². The average molecular weight is 358 g/mol. The lowest BCUT2D eigenvalue weighted by molar-refractivity contribution is 0.189. The summed E-state index contributed by atoms with van der Waals surface area (Å²) in [5, 5.41) is 19.7. The largest absolute Gasteiger partial charge is 0.469 e. The van der Waals surface area contributed by atoms with Gasteiger partial charge in [-0.3, -0.25) is 15.3 Å². The number of rotatable bonds is 9. The molecule has 1 aromatic carbocycles. The van der Waals surface area contributed by atoms with Gasteiger partial charge in [0.2, 0.25) is 0 Å². The second kappa shape index (κ2) is 9.24. The molecular formula is C13H23N6O4P. The fraction of sp³-hybridized carbons (Fsp3) is 0.385. The summed E-state index contributed by atoms with van der Waals surface area (Å²) in [6.45, 7) is 0.706. The molecule has 0 bridgehead atoms. The van der Waals surface area contributed by atoms with E-state index in [4.69, 9.17) is 32.1 Å². The monoisotopic (exact) mass is 358 g/mol. The standard InChI is InChI=1S/C13H23N6O4P/c14-12(15)18-3-1-9-5-10(2-4-19-13(16)17)7-11(6-9)8-23-24(20,21)22/h5-7H,1-4,8H2,(H4,14,15,18)(H4,16,17,19)(H2,20,21,22).